The molecule has 0 aromatic heterocycles. The Kier molecular flexibility index (Phi) is 6.23. The van der Waals surface area contributed by atoms with Gasteiger partial charge in [-0.2, -0.15) is 8.78 Å². The lowest BCUT2D eigenvalue weighted by atomic mass is 10.1. The van der Waals surface area contributed by atoms with Crippen LogP contribution < -0.4 is 15.0 Å². The van der Waals surface area contributed by atoms with Crippen LogP contribution >= 0.6 is 0 Å². The first-order chi connectivity index (χ1) is 13.5. The third-order valence-electron chi connectivity index (χ3n) is 4.77. The van der Waals surface area contributed by atoms with E-state index in [1.165, 1.54) is 17.7 Å². The number of nitrogens with one attached hydrogen (secondary N) is 1. The minimum absolute atomic E-state index is 0.0659. The number of rotatable bonds is 7. The molecule has 1 fully saturated rings. The van der Waals surface area contributed by atoms with Gasteiger partial charge in [-0.15, -0.1) is 0 Å². The molecule has 28 heavy (non-hydrogen) atoms. The fourth-order valence-electron chi connectivity index (χ4n) is 3.17. The number of amides is 2. The summed E-state index contributed by atoms with van der Waals surface area (Å²) in [5.74, 6) is -0.622. The standard InChI is InChI=1S/C21H22F2N2O3/c1-2-14-3-7-17(8-4-14)25-13-16(11-19(25)26)20(27)24-12-15-5-9-18(10-6-15)28-21(22)23/h3-10,16,21H,2,11-13H2,1H3,(H,24,27). The van der Waals surface area contributed by atoms with Crippen molar-refractivity contribution in [3.8, 4) is 5.75 Å². The fourth-order valence-corrected chi connectivity index (χ4v) is 3.17. The molecule has 7 heteroatoms. The molecule has 0 bridgehead atoms. The molecule has 0 aliphatic carbocycles. The van der Waals surface area contributed by atoms with Gasteiger partial charge in [-0.1, -0.05) is 31.2 Å². The van der Waals surface area contributed by atoms with Crippen LogP contribution in [0.25, 0.3) is 0 Å². The number of carbonyl (C=O) groups is 2. The Balaban J connectivity index is 1.54. The van der Waals surface area contributed by atoms with E-state index in [0.717, 1.165) is 17.7 Å². The molecule has 1 aliphatic heterocycles. The monoisotopic (exact) mass is 388 g/mol. The third kappa shape index (κ3) is 4.85. The molecule has 0 radical (unpaired) electrons. The Morgan fingerprint density at radius 2 is 1.79 bits per heavy atom. The molecule has 5 nitrogen and oxygen atoms in total. The molecule has 1 N–H and O–H groups in total. The molecule has 0 saturated carbocycles. The van der Waals surface area contributed by atoms with Crippen LogP contribution in [0, 0.1) is 5.92 Å². The Hall–Kier alpha value is -2.96. The highest BCUT2D eigenvalue weighted by Crippen LogP contribution is 2.26. The van der Waals surface area contributed by atoms with Crippen molar-refractivity contribution in [3.05, 3.63) is 59.7 Å². The van der Waals surface area contributed by atoms with Crippen molar-refractivity contribution in [2.75, 3.05) is 11.4 Å². The predicted octanol–water partition coefficient (Wildman–Crippen LogP) is 3.52. The number of hydrogen-bond acceptors (Lipinski definition) is 3. The van der Waals surface area contributed by atoms with Gasteiger partial charge in [0.05, 0.1) is 5.92 Å². The zero-order valence-corrected chi connectivity index (χ0v) is 15.5. The molecule has 1 unspecified atom stereocenters. The van der Waals surface area contributed by atoms with E-state index in [0.29, 0.717) is 6.54 Å². The summed E-state index contributed by atoms with van der Waals surface area (Å²) in [6, 6.07) is 13.8. The second kappa shape index (κ2) is 8.82. The summed E-state index contributed by atoms with van der Waals surface area (Å²) < 4.78 is 28.6. The first-order valence-electron chi connectivity index (χ1n) is 9.17. The number of carbonyl (C=O) groups excluding carboxylic acids is 2. The van der Waals surface area contributed by atoms with Crippen molar-refractivity contribution < 1.29 is 23.1 Å². The van der Waals surface area contributed by atoms with Crippen LogP contribution in [0.2, 0.25) is 0 Å². The molecular formula is C21H22F2N2O3. The Labute approximate surface area is 162 Å². The van der Waals surface area contributed by atoms with Gasteiger partial charge < -0.3 is 15.0 Å². The second-order valence-electron chi connectivity index (χ2n) is 6.67. The van der Waals surface area contributed by atoms with Crippen molar-refractivity contribution in [1.82, 2.24) is 5.32 Å². The highest BCUT2D eigenvalue weighted by molar-refractivity contribution is 6.00. The first kappa shape index (κ1) is 19.8. The number of hydrogen-bond donors (Lipinski definition) is 1. The van der Waals surface area contributed by atoms with Crippen LogP contribution in [0.4, 0.5) is 14.5 Å². The van der Waals surface area contributed by atoms with Crippen LogP contribution in [0.15, 0.2) is 48.5 Å². The number of aryl methyl sites for hydroxylation is 1. The predicted molar refractivity (Wildman–Crippen MR) is 101 cm³/mol. The summed E-state index contributed by atoms with van der Waals surface area (Å²) in [6.07, 6.45) is 1.09. The van der Waals surface area contributed by atoms with Gasteiger partial charge in [-0.05, 0) is 41.8 Å². The summed E-state index contributed by atoms with van der Waals surface area (Å²) >= 11 is 0. The largest absolute Gasteiger partial charge is 0.435 e. The number of alkyl halides is 2. The maximum absolute atomic E-state index is 12.4. The van der Waals surface area contributed by atoms with Gasteiger partial charge in [0.2, 0.25) is 11.8 Å². The first-order valence-corrected chi connectivity index (χ1v) is 9.17. The van der Waals surface area contributed by atoms with Gasteiger partial charge in [0.15, 0.2) is 0 Å². The SMILES string of the molecule is CCc1ccc(N2CC(C(=O)NCc3ccc(OC(F)F)cc3)CC2=O)cc1. The summed E-state index contributed by atoms with van der Waals surface area (Å²) in [5, 5.41) is 2.81. The van der Waals surface area contributed by atoms with E-state index in [2.05, 4.69) is 17.0 Å². The summed E-state index contributed by atoms with van der Waals surface area (Å²) in [5.41, 5.74) is 2.74. The highest BCUT2D eigenvalue weighted by Gasteiger charge is 2.34. The maximum atomic E-state index is 12.4. The van der Waals surface area contributed by atoms with E-state index in [9.17, 15) is 18.4 Å². The Morgan fingerprint density at radius 1 is 1.14 bits per heavy atom. The zero-order chi connectivity index (χ0) is 20.1. The lowest BCUT2D eigenvalue weighted by Crippen LogP contribution is -2.32. The minimum Gasteiger partial charge on any atom is -0.435 e. The summed E-state index contributed by atoms with van der Waals surface area (Å²) in [6.45, 7) is -0.205. The van der Waals surface area contributed by atoms with Gasteiger partial charge >= 0.3 is 6.61 Å². The summed E-state index contributed by atoms with van der Waals surface area (Å²) in [7, 11) is 0. The third-order valence-corrected chi connectivity index (χ3v) is 4.77. The topological polar surface area (TPSA) is 58.6 Å². The average molecular weight is 388 g/mol. The van der Waals surface area contributed by atoms with Gasteiger partial charge in [0, 0.05) is 25.2 Å². The Morgan fingerprint density at radius 3 is 2.39 bits per heavy atom. The molecule has 1 aliphatic rings. The van der Waals surface area contributed by atoms with Crippen molar-refractivity contribution in [2.45, 2.75) is 32.9 Å². The second-order valence-corrected chi connectivity index (χ2v) is 6.67. The minimum atomic E-state index is -2.87. The fraction of sp³-hybridized carbons (Fsp3) is 0.333. The van der Waals surface area contributed by atoms with Crippen LogP contribution in [0.3, 0.4) is 0 Å². The number of halogens is 2. The lowest BCUT2D eigenvalue weighted by Gasteiger charge is -2.17. The smallest absolute Gasteiger partial charge is 0.387 e. The lowest BCUT2D eigenvalue weighted by molar-refractivity contribution is -0.126. The highest BCUT2D eigenvalue weighted by atomic mass is 19.3. The number of anilines is 1. The quantitative estimate of drug-likeness (QED) is 0.790. The maximum Gasteiger partial charge on any atom is 0.387 e. The van der Waals surface area contributed by atoms with Gasteiger partial charge in [-0.3, -0.25) is 9.59 Å². The zero-order valence-electron chi connectivity index (χ0n) is 15.5. The number of nitrogens with zero attached hydrogens (tertiary/aromatic N) is 1. The van der Waals surface area contributed by atoms with E-state index >= 15 is 0 Å². The van der Waals surface area contributed by atoms with Crippen molar-refractivity contribution in [1.29, 1.82) is 0 Å². The molecule has 1 heterocycles. The number of benzene rings is 2. The van der Waals surface area contributed by atoms with E-state index in [-0.39, 0.29) is 30.5 Å². The van der Waals surface area contributed by atoms with Crippen LogP contribution in [0.5, 0.6) is 5.75 Å². The van der Waals surface area contributed by atoms with Crippen LogP contribution in [-0.4, -0.2) is 25.0 Å². The molecule has 1 saturated heterocycles. The molecular weight excluding hydrogens is 366 g/mol. The van der Waals surface area contributed by atoms with Crippen molar-refractivity contribution in [2.24, 2.45) is 5.92 Å². The molecule has 3 rings (SSSR count). The molecule has 2 aromatic carbocycles. The molecule has 148 valence electrons. The van der Waals surface area contributed by atoms with Gasteiger partial charge in [-0.25, -0.2) is 0 Å². The van der Waals surface area contributed by atoms with Crippen molar-refractivity contribution >= 4 is 17.5 Å². The molecule has 2 aromatic rings. The van der Waals surface area contributed by atoms with Crippen LogP contribution in [-0.2, 0) is 22.6 Å². The normalized spacial score (nSPS) is 16.5. The van der Waals surface area contributed by atoms with E-state index < -0.39 is 12.5 Å². The van der Waals surface area contributed by atoms with Gasteiger partial charge in [0.1, 0.15) is 5.75 Å². The van der Waals surface area contributed by atoms with Gasteiger partial charge in [0.25, 0.3) is 0 Å². The van der Waals surface area contributed by atoms with Crippen LogP contribution in [0.1, 0.15) is 24.5 Å². The van der Waals surface area contributed by atoms with Crippen molar-refractivity contribution in [3.63, 3.8) is 0 Å². The number of ether oxygens (including phenoxy) is 1. The average Bonchev–Trinajstić information content (AvgIpc) is 3.08. The van der Waals surface area contributed by atoms with E-state index in [4.69, 9.17) is 0 Å². The molecule has 2 amide bonds. The van der Waals surface area contributed by atoms with E-state index in [1.807, 2.05) is 24.3 Å². The summed E-state index contributed by atoms with van der Waals surface area (Å²) in [4.78, 5) is 26.4. The van der Waals surface area contributed by atoms with E-state index in [1.54, 1.807) is 17.0 Å². The molecule has 0 spiro atoms. The Bertz CT molecular complexity index is 823. The molecule has 1 atom stereocenters.